The van der Waals surface area contributed by atoms with E-state index in [2.05, 4.69) is 6.92 Å². The molecule has 0 heterocycles. The van der Waals surface area contributed by atoms with Crippen molar-refractivity contribution in [1.82, 2.24) is 0 Å². The molecule has 0 N–H and O–H groups in total. The van der Waals surface area contributed by atoms with Gasteiger partial charge in [0, 0.05) is 11.6 Å². The molecular weight excluding hydrogens is 222 g/mol. The molecule has 0 aliphatic carbocycles. The highest BCUT2D eigenvalue weighted by Gasteiger charge is 2.29. The number of hydrogen-bond donors (Lipinski definition) is 0. The van der Waals surface area contributed by atoms with Gasteiger partial charge in [0.15, 0.2) is 11.6 Å². The first-order valence-electron chi connectivity index (χ1n) is 6.02. The van der Waals surface area contributed by atoms with Crippen molar-refractivity contribution in [3.63, 3.8) is 0 Å². The molecule has 0 bridgehead atoms. The number of hydrogen-bond acceptors (Lipinski definition) is 1. The van der Waals surface area contributed by atoms with Crippen LogP contribution in [-0.2, 0) is 5.41 Å². The van der Waals surface area contributed by atoms with Crippen LogP contribution in [0.2, 0.25) is 0 Å². The molecule has 0 aliphatic heterocycles. The van der Waals surface area contributed by atoms with E-state index < -0.39 is 11.6 Å². The van der Waals surface area contributed by atoms with Crippen molar-refractivity contribution in [2.75, 3.05) is 7.11 Å². The van der Waals surface area contributed by atoms with Gasteiger partial charge in [0.2, 0.25) is 0 Å². The Kier molecular flexibility index (Phi) is 4.49. The third-order valence-corrected chi connectivity index (χ3v) is 3.44. The average molecular weight is 242 g/mol. The fraction of sp³-hybridized carbons (Fsp3) is 0.571. The summed E-state index contributed by atoms with van der Waals surface area (Å²) in [7, 11) is 1.42. The predicted octanol–water partition coefficient (Wildman–Crippen LogP) is 4.44. The van der Waals surface area contributed by atoms with Gasteiger partial charge in [-0.2, -0.15) is 0 Å². The first-order valence-corrected chi connectivity index (χ1v) is 6.02. The van der Waals surface area contributed by atoms with Crippen LogP contribution in [0.15, 0.2) is 12.1 Å². The lowest BCUT2D eigenvalue weighted by molar-refractivity contribution is 0.343. The molecule has 0 spiro atoms. The SMILES string of the molecule is CCCC(C)(CC)c1cc(F)cc(F)c1OC. The molecule has 17 heavy (non-hydrogen) atoms. The second-order valence-corrected chi connectivity index (χ2v) is 4.63. The molecule has 0 fully saturated rings. The lowest BCUT2D eigenvalue weighted by Crippen LogP contribution is -2.22. The molecule has 0 aromatic heterocycles. The van der Waals surface area contributed by atoms with Gasteiger partial charge in [-0.05, 0) is 24.3 Å². The monoisotopic (exact) mass is 242 g/mol. The number of ether oxygens (including phenoxy) is 1. The molecule has 1 rings (SSSR count). The third-order valence-electron chi connectivity index (χ3n) is 3.44. The fourth-order valence-corrected chi connectivity index (χ4v) is 2.27. The largest absolute Gasteiger partial charge is 0.493 e. The summed E-state index contributed by atoms with van der Waals surface area (Å²) in [6.45, 7) is 6.11. The summed E-state index contributed by atoms with van der Waals surface area (Å²) in [6.07, 6.45) is 2.66. The summed E-state index contributed by atoms with van der Waals surface area (Å²) in [5.41, 5.74) is 0.380. The number of benzene rings is 1. The van der Waals surface area contributed by atoms with E-state index in [9.17, 15) is 8.78 Å². The van der Waals surface area contributed by atoms with Crippen LogP contribution < -0.4 is 4.74 Å². The highest BCUT2D eigenvalue weighted by atomic mass is 19.1. The second-order valence-electron chi connectivity index (χ2n) is 4.63. The van der Waals surface area contributed by atoms with E-state index >= 15 is 0 Å². The zero-order chi connectivity index (χ0) is 13.1. The van der Waals surface area contributed by atoms with Gasteiger partial charge in [-0.15, -0.1) is 0 Å². The van der Waals surface area contributed by atoms with Crippen LogP contribution in [0.5, 0.6) is 5.75 Å². The normalized spacial score (nSPS) is 14.5. The maximum Gasteiger partial charge on any atom is 0.168 e. The van der Waals surface area contributed by atoms with Crippen LogP contribution in [0.3, 0.4) is 0 Å². The van der Waals surface area contributed by atoms with Gasteiger partial charge < -0.3 is 4.74 Å². The van der Waals surface area contributed by atoms with Crippen LogP contribution in [-0.4, -0.2) is 7.11 Å². The lowest BCUT2D eigenvalue weighted by Gasteiger charge is -2.30. The first kappa shape index (κ1) is 13.9. The minimum Gasteiger partial charge on any atom is -0.493 e. The summed E-state index contributed by atoms with van der Waals surface area (Å²) in [5.74, 6) is -1.00. The van der Waals surface area contributed by atoms with Crippen LogP contribution in [0, 0.1) is 11.6 Å². The Morgan fingerprint density at radius 2 is 1.88 bits per heavy atom. The molecule has 3 heteroatoms. The van der Waals surface area contributed by atoms with Gasteiger partial charge in [-0.25, -0.2) is 8.78 Å². The summed E-state index contributed by atoms with van der Waals surface area (Å²) in [6, 6.07) is 2.26. The lowest BCUT2D eigenvalue weighted by atomic mass is 9.76. The van der Waals surface area contributed by atoms with Gasteiger partial charge in [0.05, 0.1) is 7.11 Å². The van der Waals surface area contributed by atoms with Crippen molar-refractivity contribution in [3.05, 3.63) is 29.3 Å². The van der Waals surface area contributed by atoms with E-state index in [1.54, 1.807) is 0 Å². The van der Waals surface area contributed by atoms with Crippen LogP contribution in [0.4, 0.5) is 8.78 Å². The summed E-state index contributed by atoms with van der Waals surface area (Å²) in [5, 5.41) is 0. The Labute approximate surface area is 102 Å². The predicted molar refractivity (Wildman–Crippen MR) is 65.5 cm³/mol. The highest BCUT2D eigenvalue weighted by molar-refractivity contribution is 5.41. The van der Waals surface area contributed by atoms with E-state index in [-0.39, 0.29) is 11.2 Å². The maximum atomic E-state index is 13.7. The van der Waals surface area contributed by atoms with Crippen molar-refractivity contribution in [2.24, 2.45) is 0 Å². The molecule has 0 saturated heterocycles. The van der Waals surface area contributed by atoms with Crippen LogP contribution in [0.25, 0.3) is 0 Å². The molecule has 1 aromatic rings. The molecule has 1 nitrogen and oxygen atoms in total. The number of rotatable bonds is 5. The summed E-state index contributed by atoms with van der Waals surface area (Å²) in [4.78, 5) is 0. The van der Waals surface area contributed by atoms with Crippen LogP contribution >= 0.6 is 0 Å². The van der Waals surface area contributed by atoms with Crippen molar-refractivity contribution in [2.45, 2.75) is 45.4 Å². The zero-order valence-corrected chi connectivity index (χ0v) is 10.9. The van der Waals surface area contributed by atoms with Gasteiger partial charge in [0.25, 0.3) is 0 Å². The van der Waals surface area contributed by atoms with Crippen molar-refractivity contribution in [1.29, 1.82) is 0 Å². The van der Waals surface area contributed by atoms with E-state index in [1.807, 2.05) is 13.8 Å². The molecule has 96 valence electrons. The molecule has 0 amide bonds. The number of halogens is 2. The maximum absolute atomic E-state index is 13.7. The van der Waals surface area contributed by atoms with Gasteiger partial charge in [0.1, 0.15) is 5.82 Å². The van der Waals surface area contributed by atoms with E-state index in [0.717, 1.165) is 25.3 Å². The molecule has 0 aliphatic rings. The number of methoxy groups -OCH3 is 1. The topological polar surface area (TPSA) is 9.23 Å². The highest BCUT2D eigenvalue weighted by Crippen LogP contribution is 2.39. The van der Waals surface area contributed by atoms with Crippen molar-refractivity contribution in [3.8, 4) is 5.75 Å². The van der Waals surface area contributed by atoms with Gasteiger partial charge >= 0.3 is 0 Å². The Bertz CT molecular complexity index is 390. The van der Waals surface area contributed by atoms with E-state index in [1.165, 1.54) is 13.2 Å². The fourth-order valence-electron chi connectivity index (χ4n) is 2.27. The standard InChI is InChI=1S/C14H20F2O/c1-5-7-14(3,6-2)11-8-10(15)9-12(16)13(11)17-4/h8-9H,5-7H2,1-4H3. The minimum absolute atomic E-state index is 0.171. The van der Waals surface area contributed by atoms with Crippen LogP contribution in [0.1, 0.15) is 45.6 Å². The van der Waals surface area contributed by atoms with Crippen molar-refractivity contribution >= 4 is 0 Å². The smallest absolute Gasteiger partial charge is 0.168 e. The zero-order valence-electron chi connectivity index (χ0n) is 10.9. The quantitative estimate of drug-likeness (QED) is 0.741. The average Bonchev–Trinajstić information content (AvgIpc) is 2.28. The minimum atomic E-state index is -0.627. The van der Waals surface area contributed by atoms with Crippen molar-refractivity contribution < 1.29 is 13.5 Å². The Hall–Kier alpha value is -1.12. The molecule has 0 saturated carbocycles. The first-order chi connectivity index (χ1) is 7.98. The van der Waals surface area contributed by atoms with E-state index in [0.29, 0.717) is 5.56 Å². The third kappa shape index (κ3) is 2.76. The summed E-state index contributed by atoms with van der Waals surface area (Å²) < 4.78 is 32.1. The summed E-state index contributed by atoms with van der Waals surface area (Å²) >= 11 is 0. The Balaban J connectivity index is 3.36. The molecule has 1 unspecified atom stereocenters. The molecule has 1 aromatic carbocycles. The molecular formula is C14H20F2O. The Morgan fingerprint density at radius 3 is 2.35 bits per heavy atom. The van der Waals surface area contributed by atoms with Gasteiger partial charge in [-0.3, -0.25) is 0 Å². The molecule has 0 radical (unpaired) electrons. The van der Waals surface area contributed by atoms with Gasteiger partial charge in [-0.1, -0.05) is 27.2 Å². The van der Waals surface area contributed by atoms with E-state index in [4.69, 9.17) is 4.74 Å². The second kappa shape index (κ2) is 5.48. The molecule has 1 atom stereocenters. The Morgan fingerprint density at radius 1 is 1.24 bits per heavy atom.